The summed E-state index contributed by atoms with van der Waals surface area (Å²) in [7, 11) is 0. The maximum absolute atomic E-state index is 4.22. The van der Waals surface area contributed by atoms with Gasteiger partial charge in [-0.1, -0.05) is 123 Å². The van der Waals surface area contributed by atoms with Crippen molar-refractivity contribution in [1.82, 2.24) is 0 Å². The lowest BCUT2D eigenvalue weighted by molar-refractivity contribution is 0.786. The van der Waals surface area contributed by atoms with Gasteiger partial charge in [0.25, 0.3) is 0 Å². The molecule has 0 fully saturated rings. The van der Waals surface area contributed by atoms with Gasteiger partial charge in [0.1, 0.15) is 0 Å². The van der Waals surface area contributed by atoms with Crippen LogP contribution in [0.4, 0.5) is 0 Å². The largest absolute Gasteiger partial charge is 0.102 e. The lowest BCUT2D eigenvalue weighted by Gasteiger charge is -2.31. The van der Waals surface area contributed by atoms with E-state index in [2.05, 4.69) is 130 Å². The Morgan fingerprint density at radius 3 is 2.08 bits per heavy atom. The maximum atomic E-state index is 4.22. The fourth-order valence-electron chi connectivity index (χ4n) is 6.32. The van der Waals surface area contributed by atoms with Crippen LogP contribution in [-0.2, 0) is 5.41 Å². The molecule has 2 aliphatic carbocycles. The molecule has 4 aromatic carbocycles. The van der Waals surface area contributed by atoms with Crippen molar-refractivity contribution in [2.45, 2.75) is 25.2 Å². The van der Waals surface area contributed by atoms with Crippen molar-refractivity contribution in [3.05, 3.63) is 162 Å². The Morgan fingerprint density at radius 2 is 1.36 bits per heavy atom. The van der Waals surface area contributed by atoms with E-state index in [1.54, 1.807) is 0 Å². The molecule has 0 aromatic heterocycles. The van der Waals surface area contributed by atoms with Crippen LogP contribution in [0.3, 0.4) is 0 Å². The molecule has 2 unspecified atom stereocenters. The zero-order valence-electron chi connectivity index (χ0n) is 21.0. The fraction of sp³-hybridized carbons (Fsp3) is 0.111. The molecule has 0 bridgehead atoms. The summed E-state index contributed by atoms with van der Waals surface area (Å²) in [5, 5.41) is 0. The first-order valence-electron chi connectivity index (χ1n) is 12.7. The van der Waals surface area contributed by atoms with E-state index in [-0.39, 0.29) is 5.41 Å². The van der Waals surface area contributed by atoms with E-state index in [0.717, 1.165) is 0 Å². The molecule has 174 valence electrons. The van der Waals surface area contributed by atoms with Crippen molar-refractivity contribution in [3.63, 3.8) is 0 Å². The second-order valence-electron chi connectivity index (χ2n) is 9.78. The van der Waals surface area contributed by atoms with Crippen LogP contribution in [0.25, 0.3) is 27.8 Å². The van der Waals surface area contributed by atoms with E-state index in [0.29, 0.717) is 5.92 Å². The topological polar surface area (TPSA) is 0 Å². The summed E-state index contributed by atoms with van der Waals surface area (Å²) in [6.07, 6.45) is 8.49. The first-order chi connectivity index (χ1) is 17.6. The van der Waals surface area contributed by atoms with E-state index >= 15 is 0 Å². The second kappa shape index (κ2) is 8.50. The van der Waals surface area contributed by atoms with Crippen LogP contribution in [0.5, 0.6) is 0 Å². The summed E-state index contributed by atoms with van der Waals surface area (Å²) in [5.41, 5.74) is 13.9. The monoisotopic (exact) mass is 462 g/mol. The van der Waals surface area contributed by atoms with Gasteiger partial charge in [-0.2, -0.15) is 0 Å². The zero-order chi connectivity index (χ0) is 24.9. The molecule has 6 rings (SSSR count). The predicted octanol–water partition coefficient (Wildman–Crippen LogP) is 9.49. The average molecular weight is 463 g/mol. The highest BCUT2D eigenvalue weighted by molar-refractivity contribution is 5.98. The summed E-state index contributed by atoms with van der Waals surface area (Å²) in [4.78, 5) is 0. The van der Waals surface area contributed by atoms with Crippen molar-refractivity contribution in [2.75, 3.05) is 0 Å². The van der Waals surface area contributed by atoms with Gasteiger partial charge in [-0.05, 0) is 80.1 Å². The van der Waals surface area contributed by atoms with Crippen molar-refractivity contribution in [1.29, 1.82) is 0 Å². The number of hydrogen-bond acceptors (Lipinski definition) is 0. The lowest BCUT2D eigenvalue weighted by Crippen LogP contribution is -2.26. The summed E-state index contributed by atoms with van der Waals surface area (Å²) in [6, 6.07) is 33.7. The van der Waals surface area contributed by atoms with E-state index in [9.17, 15) is 0 Å². The molecule has 36 heavy (non-hydrogen) atoms. The van der Waals surface area contributed by atoms with Gasteiger partial charge in [-0.25, -0.2) is 0 Å². The third kappa shape index (κ3) is 2.94. The molecule has 0 aliphatic heterocycles. The molecule has 2 atom stereocenters. The van der Waals surface area contributed by atoms with Crippen LogP contribution in [0.1, 0.15) is 47.6 Å². The Balaban J connectivity index is 1.66. The van der Waals surface area contributed by atoms with Gasteiger partial charge in [0.15, 0.2) is 0 Å². The highest BCUT2D eigenvalue weighted by atomic mass is 14.5. The molecule has 0 heteroatoms. The minimum Gasteiger partial charge on any atom is -0.102 e. The molecule has 1 spiro atoms. The van der Waals surface area contributed by atoms with Crippen LogP contribution >= 0.6 is 0 Å². The number of rotatable bonds is 5. The highest BCUT2D eigenvalue weighted by Gasteiger charge is 2.51. The van der Waals surface area contributed by atoms with Crippen LogP contribution in [0, 0.1) is 0 Å². The minimum absolute atomic E-state index is 0.323. The van der Waals surface area contributed by atoms with Crippen molar-refractivity contribution in [3.8, 4) is 22.3 Å². The predicted molar refractivity (Wildman–Crippen MR) is 154 cm³/mol. The van der Waals surface area contributed by atoms with Gasteiger partial charge in [-0.15, -0.1) is 6.58 Å². The Labute approximate surface area is 214 Å². The summed E-state index contributed by atoms with van der Waals surface area (Å²) in [6.45, 7) is 12.5. The standard InChI is InChI=1S/C36H30/c1-5-13-32-28(7-3)29-16-8-10-18-33(29)36(32)34-19-11-9-17-30(34)31-23-27(20-21-35(31)36)26-15-12-14-25(22-26)24(4)6-2/h5-24H,2-3H2,1,4H3/b13-5-. The van der Waals surface area contributed by atoms with Crippen LogP contribution in [0.2, 0.25) is 0 Å². The number of hydrogen-bond donors (Lipinski definition) is 0. The lowest BCUT2D eigenvalue weighted by atomic mass is 9.69. The average Bonchev–Trinajstić information content (AvgIpc) is 3.39. The molecule has 0 N–H and O–H groups in total. The molecule has 4 aromatic rings. The molecule has 2 aliphatic rings. The van der Waals surface area contributed by atoms with Gasteiger partial charge in [0.05, 0.1) is 5.41 Å². The van der Waals surface area contributed by atoms with Gasteiger partial charge in [0.2, 0.25) is 0 Å². The van der Waals surface area contributed by atoms with Gasteiger partial charge in [0, 0.05) is 0 Å². The van der Waals surface area contributed by atoms with E-state index in [1.807, 2.05) is 12.2 Å². The smallest absolute Gasteiger partial charge is 0.0725 e. The molecular formula is C36H30. The normalized spacial score (nSPS) is 18.3. The van der Waals surface area contributed by atoms with Crippen molar-refractivity contribution >= 4 is 5.57 Å². The first kappa shape index (κ1) is 22.3. The Hall–Kier alpha value is -4.16. The van der Waals surface area contributed by atoms with Gasteiger partial charge < -0.3 is 0 Å². The molecule has 0 amide bonds. The quantitative estimate of drug-likeness (QED) is 0.259. The molecule has 0 saturated carbocycles. The van der Waals surface area contributed by atoms with E-state index in [4.69, 9.17) is 0 Å². The minimum atomic E-state index is -0.337. The Bertz CT molecular complexity index is 1590. The van der Waals surface area contributed by atoms with Crippen LogP contribution in [-0.4, -0.2) is 0 Å². The molecular weight excluding hydrogens is 432 g/mol. The van der Waals surface area contributed by atoms with E-state index < -0.39 is 0 Å². The third-order valence-electron chi connectivity index (χ3n) is 8.00. The fourth-order valence-corrected chi connectivity index (χ4v) is 6.32. The first-order valence-corrected chi connectivity index (χ1v) is 12.7. The third-order valence-corrected chi connectivity index (χ3v) is 8.00. The molecule has 0 saturated heterocycles. The summed E-state index contributed by atoms with van der Waals surface area (Å²) in [5.74, 6) is 0.323. The summed E-state index contributed by atoms with van der Waals surface area (Å²) >= 11 is 0. The highest BCUT2D eigenvalue weighted by Crippen LogP contribution is 2.62. The Kier molecular flexibility index (Phi) is 5.27. The second-order valence-corrected chi connectivity index (χ2v) is 9.78. The van der Waals surface area contributed by atoms with Gasteiger partial charge in [-0.3, -0.25) is 0 Å². The van der Waals surface area contributed by atoms with Crippen molar-refractivity contribution < 1.29 is 0 Å². The molecule has 0 heterocycles. The zero-order valence-corrected chi connectivity index (χ0v) is 21.0. The van der Waals surface area contributed by atoms with Crippen LogP contribution < -0.4 is 0 Å². The van der Waals surface area contributed by atoms with Crippen LogP contribution in [0.15, 0.2) is 134 Å². The number of allylic oxidation sites excluding steroid dienone is 6. The number of benzene rings is 4. The SMILES string of the molecule is C=CC1=C(/C=C\C)C2(c3ccccc31)c1ccccc1-c1cc(-c3cccc(C(C)C=C)c3)ccc12. The van der Waals surface area contributed by atoms with E-state index in [1.165, 1.54) is 61.2 Å². The van der Waals surface area contributed by atoms with Gasteiger partial charge >= 0.3 is 0 Å². The molecule has 0 nitrogen and oxygen atoms in total. The number of fused-ring (bicyclic) bond motifs is 7. The van der Waals surface area contributed by atoms with Crippen molar-refractivity contribution in [2.24, 2.45) is 0 Å². The summed E-state index contributed by atoms with van der Waals surface area (Å²) < 4.78 is 0. The maximum Gasteiger partial charge on any atom is 0.0725 e. The Morgan fingerprint density at radius 1 is 0.694 bits per heavy atom. The molecule has 0 radical (unpaired) electrons.